The van der Waals surface area contributed by atoms with E-state index in [1.54, 1.807) is 0 Å². The summed E-state index contributed by atoms with van der Waals surface area (Å²) < 4.78 is 18.8. The van der Waals surface area contributed by atoms with Gasteiger partial charge in [0.05, 0.1) is 86.5 Å². The maximum atomic E-state index is 5.78. The van der Waals surface area contributed by atoms with E-state index in [2.05, 4.69) is 189 Å². The third-order valence-corrected chi connectivity index (χ3v) is 22.6. The first-order valence-corrected chi connectivity index (χ1v) is 36.7. The van der Waals surface area contributed by atoms with Gasteiger partial charge in [-0.1, -0.05) is 20.8 Å². The Hall–Kier alpha value is -4.55. The standard InChI is InChI=1S/C11H16N2O.C11H16N2S.C11H18N2S.C10H16N2S.C9H15N3.2C9H14N2O/c2*1-7(2)13-5-9-10(6-13)14-11(12-9)8-3-4-8;1-7(2)11-12-9-5-13(8(3)4)6-10(9)14-11;1-4-10-11-8-5-12(7(2)3)6-9(8)13-10;1-7(2)12-4-8-9(5-12)11(3)6-10-8;2*1-6(2)11-4-8-9(5-11)12-7(3)10-8/h2*7-8H,3-6H2,1-2H3;7-8H,5-6H2,1-4H3;7H,4-6H2,1-3H3;6-7H,4-5H2,1-3H3;2*6H,4-5H2,1-3H3. The molecule has 0 bridgehead atoms. The number of rotatable bonds is 11. The Morgan fingerprint density at radius 1 is 0.407 bits per heavy atom. The summed E-state index contributed by atoms with van der Waals surface area (Å²) in [5.41, 5.74) is 10.1. The van der Waals surface area contributed by atoms with Gasteiger partial charge in [-0.05, 0) is 129 Å². The van der Waals surface area contributed by atoms with Gasteiger partial charge in [0.1, 0.15) is 17.3 Å². The van der Waals surface area contributed by atoms with Gasteiger partial charge in [-0.2, -0.15) is 0 Å². The topological polar surface area (TPSA) is 157 Å². The third-order valence-electron chi connectivity index (χ3n) is 18.8. The van der Waals surface area contributed by atoms with Crippen LogP contribution in [0.15, 0.2) is 19.6 Å². The van der Waals surface area contributed by atoms with E-state index in [-0.39, 0.29) is 0 Å². The van der Waals surface area contributed by atoms with Crippen LogP contribution in [0, 0.1) is 13.8 Å². The summed E-state index contributed by atoms with van der Waals surface area (Å²) in [5, 5.41) is 4.02. The first-order chi connectivity index (χ1) is 43.3. The summed E-state index contributed by atoms with van der Waals surface area (Å²) in [6.45, 7) is 55.9. The Morgan fingerprint density at radius 3 is 1.18 bits per heavy atom. The normalized spacial score (nSPS) is 18.6. The zero-order valence-electron chi connectivity index (χ0n) is 58.9. The molecule has 0 radical (unpaired) electrons. The van der Waals surface area contributed by atoms with Crippen molar-refractivity contribution in [3.63, 3.8) is 0 Å². The van der Waals surface area contributed by atoms with Crippen molar-refractivity contribution < 1.29 is 13.3 Å². The summed E-state index contributed by atoms with van der Waals surface area (Å²) in [4.78, 5) is 53.1. The second-order valence-corrected chi connectivity index (χ2v) is 32.1. The second kappa shape index (κ2) is 30.0. The van der Waals surface area contributed by atoms with Crippen LogP contribution in [0.2, 0.25) is 0 Å². The smallest absolute Gasteiger partial charge is 0.197 e. The highest BCUT2D eigenvalue weighted by atomic mass is 32.1. The predicted molar refractivity (Wildman–Crippen MR) is 367 cm³/mol. The highest BCUT2D eigenvalue weighted by molar-refractivity contribution is 7.12. The zero-order chi connectivity index (χ0) is 65.3. The molecule has 7 aromatic heterocycles. The molecule has 21 heteroatoms. The third kappa shape index (κ3) is 17.5. The molecule has 0 aromatic carbocycles. The van der Waals surface area contributed by atoms with Crippen molar-refractivity contribution in [2.75, 3.05) is 0 Å². The lowest BCUT2D eigenvalue weighted by molar-refractivity contribution is 0.211. The van der Waals surface area contributed by atoms with Crippen LogP contribution in [-0.4, -0.2) is 116 Å². The molecule has 9 aliphatic rings. The van der Waals surface area contributed by atoms with Crippen molar-refractivity contribution >= 4 is 34.0 Å². The maximum Gasteiger partial charge on any atom is 0.197 e. The molecular formula is C70H109N15O3S3. The van der Waals surface area contributed by atoms with Crippen LogP contribution in [-0.2, 0) is 105 Å². The van der Waals surface area contributed by atoms with Gasteiger partial charge in [0, 0.05) is 168 Å². The lowest BCUT2D eigenvalue weighted by Crippen LogP contribution is -2.25. The first-order valence-electron chi connectivity index (χ1n) is 34.3. The quantitative estimate of drug-likeness (QED) is 0.120. The Bertz CT molecular complexity index is 3120. The molecule has 0 N–H and O–H groups in total. The van der Waals surface area contributed by atoms with E-state index in [1.807, 2.05) is 54.2 Å². The summed E-state index contributed by atoms with van der Waals surface area (Å²) in [5.74, 6) is 7.87. The number of fused-ring (bicyclic) bond motifs is 7. The van der Waals surface area contributed by atoms with E-state index in [9.17, 15) is 0 Å². The molecule has 2 aliphatic carbocycles. The van der Waals surface area contributed by atoms with Gasteiger partial charge in [-0.3, -0.25) is 34.3 Å². The summed E-state index contributed by atoms with van der Waals surface area (Å²) >= 11 is 5.75. The molecule has 16 rings (SSSR count). The maximum absolute atomic E-state index is 5.78. The highest BCUT2D eigenvalue weighted by Crippen LogP contribution is 2.45. The molecule has 0 unspecified atom stereocenters. The Balaban J connectivity index is 0.000000117. The fourth-order valence-electron chi connectivity index (χ4n) is 12.0. The molecule has 0 spiro atoms. The Morgan fingerprint density at radius 2 is 0.791 bits per heavy atom. The van der Waals surface area contributed by atoms with Crippen LogP contribution in [0.25, 0.3) is 0 Å². The van der Waals surface area contributed by atoms with Gasteiger partial charge in [0.15, 0.2) is 17.7 Å². The van der Waals surface area contributed by atoms with Crippen LogP contribution in [0.4, 0.5) is 0 Å². The van der Waals surface area contributed by atoms with Crippen molar-refractivity contribution in [3.05, 3.63) is 116 Å². The number of oxazole rings is 3. The summed E-state index contributed by atoms with van der Waals surface area (Å²) in [6, 6.07) is 4.30. The minimum Gasteiger partial charge on any atom is -0.444 e. The fourth-order valence-corrected chi connectivity index (χ4v) is 15.4. The number of imidazole rings is 1. The van der Waals surface area contributed by atoms with Gasteiger partial charge in [0.2, 0.25) is 0 Å². The number of hydrogen-bond acceptors (Lipinski definition) is 20. The van der Waals surface area contributed by atoms with Crippen molar-refractivity contribution in [1.29, 1.82) is 0 Å². The van der Waals surface area contributed by atoms with Crippen LogP contribution in [0.1, 0.15) is 271 Å². The minimum atomic E-state index is 0.578. The van der Waals surface area contributed by atoms with Gasteiger partial charge in [0.25, 0.3) is 0 Å². The molecule has 2 saturated carbocycles. The number of aryl methyl sites for hydroxylation is 4. The monoisotopic (exact) mass is 1300 g/mol. The largest absolute Gasteiger partial charge is 0.444 e. The van der Waals surface area contributed by atoms with Crippen LogP contribution in [0.3, 0.4) is 0 Å². The van der Waals surface area contributed by atoms with Gasteiger partial charge in [-0.15, -0.1) is 34.0 Å². The van der Waals surface area contributed by atoms with Crippen molar-refractivity contribution in [3.8, 4) is 0 Å². The average molecular weight is 1300 g/mol. The average Bonchev–Trinajstić information content (AvgIpc) is 1.72. The molecule has 18 nitrogen and oxygen atoms in total. The van der Waals surface area contributed by atoms with E-state index < -0.39 is 0 Å². The second-order valence-electron chi connectivity index (χ2n) is 28.7. The van der Waals surface area contributed by atoms with Crippen molar-refractivity contribution in [2.45, 2.75) is 315 Å². The van der Waals surface area contributed by atoms with Gasteiger partial charge < -0.3 is 17.8 Å². The van der Waals surface area contributed by atoms with E-state index in [4.69, 9.17) is 23.2 Å². The molecule has 0 amide bonds. The predicted octanol–water partition coefficient (Wildman–Crippen LogP) is 15.0. The van der Waals surface area contributed by atoms with Gasteiger partial charge >= 0.3 is 0 Å². The number of nitrogens with zero attached hydrogens (tertiary/aromatic N) is 15. The van der Waals surface area contributed by atoms with E-state index >= 15 is 0 Å². The zero-order valence-corrected chi connectivity index (χ0v) is 61.4. The molecular weight excluding hydrogens is 1200 g/mol. The van der Waals surface area contributed by atoms with Gasteiger partial charge in [-0.25, -0.2) is 34.9 Å². The lowest BCUT2D eigenvalue weighted by atomic mass is 10.2. The fraction of sp³-hybridized carbons (Fsp3) is 0.700. The van der Waals surface area contributed by atoms with Crippen LogP contribution in [0.5, 0.6) is 0 Å². The molecule has 91 heavy (non-hydrogen) atoms. The van der Waals surface area contributed by atoms with Crippen molar-refractivity contribution in [2.24, 2.45) is 7.05 Å². The van der Waals surface area contributed by atoms with Crippen LogP contribution < -0.4 is 0 Å². The van der Waals surface area contributed by atoms with Crippen molar-refractivity contribution in [1.82, 2.24) is 73.8 Å². The number of aromatic nitrogens is 8. The van der Waals surface area contributed by atoms with E-state index in [1.165, 1.54) is 89.5 Å². The molecule has 500 valence electrons. The molecule has 2 fully saturated rings. The SMILES string of the molecule is CC(C)N1Cc2nc(C3CC3)oc2C1.CC(C)N1Cc2nc(C3CC3)sc2C1.CC(C)N1Cc2ncn(C)c2C1.CC(C)c1nc2c(s1)CN(C(C)C)C2.CCc1nc2c(s1)CN(C(C)C)C2.Cc1nc2c(o1)CN(C(C)C)C2.Cc1nc2c(o1)CN(C(C)C)C2. The van der Waals surface area contributed by atoms with E-state index in [0.29, 0.717) is 54.1 Å². The minimum absolute atomic E-state index is 0.578. The molecule has 0 atom stereocenters. The summed E-state index contributed by atoms with van der Waals surface area (Å²) in [7, 11) is 2.07. The highest BCUT2D eigenvalue weighted by Gasteiger charge is 2.35. The Labute approximate surface area is 556 Å². The first kappa shape index (κ1) is 69.3. The Kier molecular flexibility index (Phi) is 22.9. The summed E-state index contributed by atoms with van der Waals surface area (Å²) in [6.07, 6.45) is 8.28. The number of thiazole rings is 3. The molecule has 7 aliphatic heterocycles. The molecule has 7 aromatic rings. The van der Waals surface area contributed by atoms with E-state index in [0.717, 1.165) is 150 Å². The lowest BCUT2D eigenvalue weighted by Gasteiger charge is -2.19. The number of hydrogen-bond donors (Lipinski definition) is 0. The molecule has 0 saturated heterocycles. The molecule has 14 heterocycles. The van der Waals surface area contributed by atoms with Crippen LogP contribution >= 0.6 is 34.0 Å².